The van der Waals surface area contributed by atoms with Gasteiger partial charge in [0.1, 0.15) is 10.7 Å². The lowest BCUT2D eigenvalue weighted by Crippen LogP contribution is -2.14. The molecule has 30 heavy (non-hydrogen) atoms. The molecule has 0 unspecified atom stereocenters. The first-order valence-electron chi connectivity index (χ1n) is 8.70. The van der Waals surface area contributed by atoms with Crippen molar-refractivity contribution in [1.82, 2.24) is 0 Å². The van der Waals surface area contributed by atoms with Gasteiger partial charge in [0.25, 0.3) is 15.9 Å². The van der Waals surface area contributed by atoms with Crippen molar-refractivity contribution < 1.29 is 17.6 Å². The SMILES string of the molecule is O=C(Nc1ccc(S(=O)(=O)Nc2ccc(F)cc2)cc1)c1sc2ccccc2c1Cl. The number of carbonyl (C=O) groups excluding carboxylic acids is 1. The Morgan fingerprint density at radius 1 is 0.900 bits per heavy atom. The topological polar surface area (TPSA) is 75.3 Å². The number of fused-ring (bicyclic) bond motifs is 1. The Labute approximate surface area is 181 Å². The van der Waals surface area contributed by atoms with Crippen LogP contribution >= 0.6 is 22.9 Å². The summed E-state index contributed by atoms with van der Waals surface area (Å²) in [5.41, 5.74) is 0.669. The Balaban J connectivity index is 1.50. The van der Waals surface area contributed by atoms with Crippen LogP contribution in [0, 0.1) is 5.82 Å². The number of rotatable bonds is 5. The first-order chi connectivity index (χ1) is 14.3. The Hall–Kier alpha value is -2.94. The summed E-state index contributed by atoms with van der Waals surface area (Å²) in [7, 11) is -3.85. The van der Waals surface area contributed by atoms with Gasteiger partial charge in [-0.15, -0.1) is 11.3 Å². The molecule has 152 valence electrons. The van der Waals surface area contributed by atoms with Gasteiger partial charge in [-0.25, -0.2) is 12.8 Å². The molecule has 0 aliphatic carbocycles. The molecule has 5 nitrogen and oxygen atoms in total. The molecule has 3 aromatic carbocycles. The summed E-state index contributed by atoms with van der Waals surface area (Å²) in [6, 6.07) is 18.1. The molecule has 0 saturated carbocycles. The summed E-state index contributed by atoms with van der Waals surface area (Å²) >= 11 is 7.61. The van der Waals surface area contributed by atoms with Crippen LogP contribution in [0.5, 0.6) is 0 Å². The minimum Gasteiger partial charge on any atom is -0.321 e. The monoisotopic (exact) mass is 460 g/mol. The van der Waals surface area contributed by atoms with E-state index < -0.39 is 15.8 Å². The minimum absolute atomic E-state index is 0.00437. The van der Waals surface area contributed by atoms with Crippen molar-refractivity contribution in [3.8, 4) is 0 Å². The molecule has 1 heterocycles. The minimum atomic E-state index is -3.85. The van der Waals surface area contributed by atoms with E-state index in [1.807, 2.05) is 24.3 Å². The maximum absolute atomic E-state index is 13.0. The molecule has 0 spiro atoms. The number of amides is 1. The molecule has 1 amide bonds. The Morgan fingerprint density at radius 3 is 2.20 bits per heavy atom. The van der Waals surface area contributed by atoms with E-state index >= 15 is 0 Å². The number of nitrogens with one attached hydrogen (secondary N) is 2. The molecule has 0 bridgehead atoms. The average molecular weight is 461 g/mol. The first kappa shape index (κ1) is 20.3. The van der Waals surface area contributed by atoms with Crippen LogP contribution in [0.4, 0.5) is 15.8 Å². The molecule has 1 aromatic heterocycles. The van der Waals surface area contributed by atoms with Crippen LogP contribution in [0.3, 0.4) is 0 Å². The van der Waals surface area contributed by atoms with E-state index in [0.717, 1.165) is 22.2 Å². The van der Waals surface area contributed by atoms with Crippen LogP contribution in [-0.2, 0) is 10.0 Å². The van der Waals surface area contributed by atoms with Crippen LogP contribution < -0.4 is 10.0 Å². The molecule has 0 atom stereocenters. The fourth-order valence-corrected chi connectivity index (χ4v) is 5.27. The zero-order chi connectivity index (χ0) is 21.3. The van der Waals surface area contributed by atoms with Gasteiger partial charge in [-0.3, -0.25) is 9.52 Å². The van der Waals surface area contributed by atoms with Crippen LogP contribution in [0.1, 0.15) is 9.67 Å². The number of carbonyl (C=O) groups is 1. The predicted octanol–water partition coefficient (Wildman–Crippen LogP) is 5.75. The van der Waals surface area contributed by atoms with Crippen molar-refractivity contribution in [1.29, 1.82) is 0 Å². The third-order valence-corrected chi connectivity index (χ3v) is 7.33. The van der Waals surface area contributed by atoms with Gasteiger partial charge in [0.15, 0.2) is 0 Å². The third-order valence-electron chi connectivity index (χ3n) is 4.26. The van der Waals surface area contributed by atoms with Gasteiger partial charge in [0, 0.05) is 21.5 Å². The standard InChI is InChI=1S/C21H14ClFN2O3S2/c22-19-17-3-1-2-4-18(17)29-20(19)21(26)24-14-9-11-16(12-10-14)30(27,28)25-15-7-5-13(23)6-8-15/h1-12,25H,(H,24,26). The van der Waals surface area contributed by atoms with Crippen molar-refractivity contribution in [3.05, 3.63) is 88.5 Å². The molecule has 9 heteroatoms. The highest BCUT2D eigenvalue weighted by molar-refractivity contribution is 7.92. The summed E-state index contributed by atoms with van der Waals surface area (Å²) in [6.07, 6.45) is 0. The fraction of sp³-hybridized carbons (Fsp3) is 0. The summed E-state index contributed by atoms with van der Waals surface area (Å²) in [6.45, 7) is 0. The Kier molecular flexibility index (Phi) is 5.46. The van der Waals surface area contributed by atoms with Crippen molar-refractivity contribution >= 4 is 60.3 Å². The number of sulfonamides is 1. The van der Waals surface area contributed by atoms with E-state index in [4.69, 9.17) is 11.6 Å². The molecule has 0 saturated heterocycles. The molecule has 0 aliphatic rings. The second-order valence-electron chi connectivity index (χ2n) is 6.33. The second kappa shape index (κ2) is 8.06. The van der Waals surface area contributed by atoms with Gasteiger partial charge >= 0.3 is 0 Å². The number of halogens is 2. The molecule has 4 aromatic rings. The summed E-state index contributed by atoms with van der Waals surface area (Å²) < 4.78 is 41.2. The zero-order valence-corrected chi connectivity index (χ0v) is 17.6. The van der Waals surface area contributed by atoms with E-state index in [2.05, 4.69) is 10.0 Å². The summed E-state index contributed by atoms with van der Waals surface area (Å²) in [5, 5.41) is 3.92. The van der Waals surface area contributed by atoms with Gasteiger partial charge < -0.3 is 5.32 Å². The highest BCUT2D eigenvalue weighted by Crippen LogP contribution is 2.35. The largest absolute Gasteiger partial charge is 0.321 e. The van der Waals surface area contributed by atoms with Crippen molar-refractivity contribution in [3.63, 3.8) is 0 Å². The fourth-order valence-electron chi connectivity index (χ4n) is 2.80. The third kappa shape index (κ3) is 4.16. The lowest BCUT2D eigenvalue weighted by molar-refractivity contribution is 0.103. The van der Waals surface area contributed by atoms with Crippen LogP contribution in [0.2, 0.25) is 5.02 Å². The molecule has 4 rings (SSSR count). The van der Waals surface area contributed by atoms with Crippen LogP contribution in [0.25, 0.3) is 10.1 Å². The second-order valence-corrected chi connectivity index (χ2v) is 9.44. The van der Waals surface area contributed by atoms with E-state index in [9.17, 15) is 17.6 Å². The van der Waals surface area contributed by atoms with Crippen LogP contribution in [-0.4, -0.2) is 14.3 Å². The molecule has 0 aliphatic heterocycles. The number of hydrogen-bond donors (Lipinski definition) is 2. The average Bonchev–Trinajstić information content (AvgIpc) is 3.07. The number of hydrogen-bond acceptors (Lipinski definition) is 4. The molecular weight excluding hydrogens is 447 g/mol. The highest BCUT2D eigenvalue weighted by Gasteiger charge is 2.18. The van der Waals surface area contributed by atoms with Gasteiger partial charge in [0.2, 0.25) is 0 Å². The highest BCUT2D eigenvalue weighted by atomic mass is 35.5. The lowest BCUT2D eigenvalue weighted by Gasteiger charge is -2.09. The van der Waals surface area contributed by atoms with E-state index in [1.54, 1.807) is 0 Å². The summed E-state index contributed by atoms with van der Waals surface area (Å²) in [4.78, 5) is 13.0. The molecule has 0 radical (unpaired) electrons. The number of anilines is 2. The van der Waals surface area contributed by atoms with Crippen molar-refractivity contribution in [2.45, 2.75) is 4.90 Å². The van der Waals surface area contributed by atoms with Gasteiger partial charge in [-0.1, -0.05) is 29.8 Å². The molecule has 2 N–H and O–H groups in total. The maximum Gasteiger partial charge on any atom is 0.267 e. The Bertz CT molecular complexity index is 1340. The number of benzene rings is 3. The first-order valence-corrected chi connectivity index (χ1v) is 11.4. The van der Waals surface area contributed by atoms with E-state index in [0.29, 0.717) is 15.6 Å². The van der Waals surface area contributed by atoms with Crippen molar-refractivity contribution in [2.24, 2.45) is 0 Å². The molecule has 0 fully saturated rings. The van der Waals surface area contributed by atoms with E-state index in [1.165, 1.54) is 47.7 Å². The van der Waals surface area contributed by atoms with Crippen LogP contribution in [0.15, 0.2) is 77.7 Å². The maximum atomic E-state index is 13.0. The number of thiophene rings is 1. The van der Waals surface area contributed by atoms with E-state index in [-0.39, 0.29) is 16.5 Å². The normalized spacial score (nSPS) is 11.4. The molecular formula is C21H14ClFN2O3S2. The van der Waals surface area contributed by atoms with Crippen molar-refractivity contribution in [2.75, 3.05) is 10.0 Å². The lowest BCUT2D eigenvalue weighted by atomic mass is 10.2. The quantitative estimate of drug-likeness (QED) is 0.398. The predicted molar refractivity (Wildman–Crippen MR) is 118 cm³/mol. The zero-order valence-electron chi connectivity index (χ0n) is 15.2. The smallest absolute Gasteiger partial charge is 0.267 e. The van der Waals surface area contributed by atoms with Gasteiger partial charge in [0.05, 0.1) is 9.92 Å². The van der Waals surface area contributed by atoms with Gasteiger partial charge in [-0.2, -0.15) is 0 Å². The summed E-state index contributed by atoms with van der Waals surface area (Å²) in [5.74, 6) is -0.835. The van der Waals surface area contributed by atoms with Gasteiger partial charge in [-0.05, 0) is 54.6 Å². The Morgan fingerprint density at radius 2 is 1.53 bits per heavy atom.